The summed E-state index contributed by atoms with van der Waals surface area (Å²) in [4.78, 5) is 26.1. The average molecular weight is 466 g/mol. The van der Waals surface area contributed by atoms with E-state index >= 15 is 0 Å². The van der Waals surface area contributed by atoms with E-state index in [2.05, 4.69) is 0 Å². The highest BCUT2D eigenvalue weighted by atomic mass is 32.2. The van der Waals surface area contributed by atoms with Crippen LogP contribution in [0.5, 0.6) is 0 Å². The number of hydrogen-bond acceptors (Lipinski definition) is 5. The Balaban J connectivity index is 1.77. The topological polar surface area (TPSA) is 46.6 Å². The molecule has 162 valence electrons. The number of hydrogen-bond donors (Lipinski definition) is 0. The molecule has 31 heavy (non-hydrogen) atoms. The molecule has 3 rings (SSSR count). The van der Waals surface area contributed by atoms with Crippen molar-refractivity contribution < 1.29 is 27.5 Å². The zero-order valence-electron chi connectivity index (χ0n) is 16.4. The minimum absolute atomic E-state index is 0.0610. The molecule has 1 heterocycles. The van der Waals surface area contributed by atoms with E-state index in [0.29, 0.717) is 17.7 Å². The lowest BCUT2D eigenvalue weighted by Crippen LogP contribution is -2.27. The van der Waals surface area contributed by atoms with E-state index < -0.39 is 23.6 Å². The minimum Gasteiger partial charge on any atom is -0.462 e. The van der Waals surface area contributed by atoms with Gasteiger partial charge in [0.05, 0.1) is 28.3 Å². The summed E-state index contributed by atoms with van der Waals surface area (Å²) in [7, 11) is 0. The molecule has 0 radical (unpaired) electrons. The van der Waals surface area contributed by atoms with Gasteiger partial charge in [0.2, 0.25) is 0 Å². The van der Waals surface area contributed by atoms with Crippen LogP contribution in [-0.2, 0) is 15.7 Å². The maximum Gasteiger partial charge on any atom is 0.416 e. The third-order valence-electron chi connectivity index (χ3n) is 4.40. The third kappa shape index (κ3) is 5.54. The Morgan fingerprint density at radius 2 is 1.90 bits per heavy atom. The summed E-state index contributed by atoms with van der Waals surface area (Å²) in [6.45, 7) is 2.35. The molecular formula is C22H18F3NO3S2. The second-order valence-corrected chi connectivity index (χ2v) is 8.35. The molecule has 9 heteroatoms. The second-order valence-electron chi connectivity index (χ2n) is 6.68. The van der Waals surface area contributed by atoms with Gasteiger partial charge in [-0.3, -0.25) is 9.69 Å². The number of alkyl halides is 3. The Labute approximate surface area is 187 Å². The highest BCUT2D eigenvalue weighted by Gasteiger charge is 2.36. The van der Waals surface area contributed by atoms with E-state index in [9.17, 15) is 22.8 Å². The smallest absolute Gasteiger partial charge is 0.416 e. The Kier molecular flexibility index (Phi) is 7.17. The SMILES string of the molecule is CCCCOC(=O)c1ccc(/C=C2/SC(=S)N(c3cccc(C(F)(F)F)c3)C2=O)cc1. The molecule has 0 bridgehead atoms. The van der Waals surface area contributed by atoms with E-state index in [0.717, 1.165) is 41.6 Å². The number of anilines is 1. The van der Waals surface area contributed by atoms with Crippen molar-refractivity contribution in [2.75, 3.05) is 11.5 Å². The molecule has 2 aromatic rings. The monoisotopic (exact) mass is 465 g/mol. The van der Waals surface area contributed by atoms with E-state index in [1.807, 2.05) is 6.92 Å². The first-order chi connectivity index (χ1) is 14.7. The van der Waals surface area contributed by atoms with Crippen LogP contribution in [0.15, 0.2) is 53.4 Å². The van der Waals surface area contributed by atoms with Crippen LogP contribution in [0.3, 0.4) is 0 Å². The number of rotatable bonds is 6. The van der Waals surface area contributed by atoms with Gasteiger partial charge in [0, 0.05) is 0 Å². The van der Waals surface area contributed by atoms with E-state index in [4.69, 9.17) is 17.0 Å². The molecule has 1 amide bonds. The number of carbonyl (C=O) groups excluding carboxylic acids is 2. The van der Waals surface area contributed by atoms with Crippen LogP contribution in [0, 0.1) is 0 Å². The number of esters is 1. The molecule has 0 atom stereocenters. The molecule has 1 saturated heterocycles. The summed E-state index contributed by atoms with van der Waals surface area (Å²) in [5.74, 6) is -0.923. The predicted octanol–water partition coefficient (Wildman–Crippen LogP) is 6.07. The summed E-state index contributed by atoms with van der Waals surface area (Å²) in [6.07, 6.45) is -1.23. The largest absolute Gasteiger partial charge is 0.462 e. The lowest BCUT2D eigenvalue weighted by Gasteiger charge is -2.16. The van der Waals surface area contributed by atoms with Gasteiger partial charge in [-0.1, -0.05) is 55.5 Å². The van der Waals surface area contributed by atoms with E-state index in [-0.39, 0.29) is 14.9 Å². The highest BCUT2D eigenvalue weighted by molar-refractivity contribution is 8.27. The van der Waals surface area contributed by atoms with Crippen molar-refractivity contribution in [1.29, 1.82) is 0 Å². The summed E-state index contributed by atoms with van der Waals surface area (Å²) >= 11 is 6.22. The Morgan fingerprint density at radius 3 is 2.55 bits per heavy atom. The number of benzene rings is 2. The molecule has 0 N–H and O–H groups in total. The number of thiocarbonyl (C=S) groups is 1. The number of thioether (sulfide) groups is 1. The molecule has 0 spiro atoms. The summed E-state index contributed by atoms with van der Waals surface area (Å²) in [5.41, 5.74) is 0.245. The quantitative estimate of drug-likeness (QED) is 0.224. The molecule has 4 nitrogen and oxygen atoms in total. The van der Waals surface area contributed by atoms with Crippen LogP contribution in [0.1, 0.15) is 41.3 Å². The second kappa shape index (κ2) is 9.65. The molecule has 0 aliphatic carbocycles. The van der Waals surface area contributed by atoms with Crippen molar-refractivity contribution in [2.45, 2.75) is 25.9 Å². The lowest BCUT2D eigenvalue weighted by molar-refractivity contribution is -0.137. The Hall–Kier alpha value is -2.65. The molecule has 0 saturated carbocycles. The molecular weight excluding hydrogens is 447 g/mol. The molecule has 1 aliphatic heterocycles. The molecule has 2 aromatic carbocycles. The predicted molar refractivity (Wildman–Crippen MR) is 119 cm³/mol. The average Bonchev–Trinajstić information content (AvgIpc) is 3.01. The van der Waals surface area contributed by atoms with Crippen molar-refractivity contribution in [3.63, 3.8) is 0 Å². The molecule has 0 aromatic heterocycles. The van der Waals surface area contributed by atoms with Crippen molar-refractivity contribution in [2.24, 2.45) is 0 Å². The maximum atomic E-state index is 13.0. The summed E-state index contributed by atoms with van der Waals surface area (Å²) in [5, 5.41) is 0. The Bertz CT molecular complexity index is 1030. The van der Waals surface area contributed by atoms with E-state index in [1.54, 1.807) is 30.3 Å². The van der Waals surface area contributed by atoms with Crippen LogP contribution < -0.4 is 4.90 Å². The van der Waals surface area contributed by atoms with Crippen molar-refractivity contribution >= 4 is 51.9 Å². The first-order valence-electron chi connectivity index (χ1n) is 9.43. The highest BCUT2D eigenvalue weighted by Crippen LogP contribution is 2.38. The van der Waals surface area contributed by atoms with Crippen LogP contribution in [0.2, 0.25) is 0 Å². The van der Waals surface area contributed by atoms with Crippen molar-refractivity contribution in [3.8, 4) is 0 Å². The van der Waals surface area contributed by atoms with Gasteiger partial charge in [0.15, 0.2) is 4.32 Å². The lowest BCUT2D eigenvalue weighted by atomic mass is 10.1. The van der Waals surface area contributed by atoms with Gasteiger partial charge in [-0.2, -0.15) is 13.2 Å². The summed E-state index contributed by atoms with van der Waals surface area (Å²) in [6, 6.07) is 11.0. The van der Waals surface area contributed by atoms with E-state index in [1.165, 1.54) is 12.1 Å². The first-order valence-corrected chi connectivity index (χ1v) is 10.7. The Morgan fingerprint density at radius 1 is 1.19 bits per heavy atom. The normalized spacial score (nSPS) is 15.6. The van der Waals surface area contributed by atoms with Crippen LogP contribution in [0.25, 0.3) is 6.08 Å². The van der Waals surface area contributed by atoms with Gasteiger partial charge in [-0.05, 0) is 48.4 Å². The minimum atomic E-state index is -4.52. The molecule has 0 unspecified atom stereocenters. The van der Waals surface area contributed by atoms with Gasteiger partial charge in [-0.15, -0.1) is 0 Å². The number of unbranched alkanes of at least 4 members (excludes halogenated alkanes) is 1. The number of nitrogens with zero attached hydrogens (tertiary/aromatic N) is 1. The first kappa shape index (κ1) is 23.0. The standard InChI is InChI=1S/C22H18F3NO3S2/c1-2-3-11-29-20(28)15-9-7-14(8-10-15)12-18-19(27)26(21(30)31-18)17-6-4-5-16(13-17)22(23,24)25/h4-10,12-13H,2-3,11H2,1H3/b18-12+. The van der Waals surface area contributed by atoms with Crippen molar-refractivity contribution in [1.82, 2.24) is 0 Å². The van der Waals surface area contributed by atoms with Crippen LogP contribution in [-0.4, -0.2) is 22.8 Å². The fraction of sp³-hybridized carbons (Fsp3) is 0.227. The number of carbonyl (C=O) groups is 2. The fourth-order valence-corrected chi connectivity index (χ4v) is 4.07. The van der Waals surface area contributed by atoms with Crippen LogP contribution >= 0.6 is 24.0 Å². The maximum absolute atomic E-state index is 13.0. The van der Waals surface area contributed by atoms with Gasteiger partial charge in [-0.25, -0.2) is 4.79 Å². The number of amides is 1. The molecule has 1 aliphatic rings. The van der Waals surface area contributed by atoms with Gasteiger partial charge < -0.3 is 4.74 Å². The fourth-order valence-electron chi connectivity index (χ4n) is 2.77. The number of halogens is 3. The van der Waals surface area contributed by atoms with Crippen LogP contribution in [0.4, 0.5) is 18.9 Å². The van der Waals surface area contributed by atoms with Gasteiger partial charge in [0.25, 0.3) is 5.91 Å². The third-order valence-corrected chi connectivity index (χ3v) is 5.70. The summed E-state index contributed by atoms with van der Waals surface area (Å²) < 4.78 is 44.3. The van der Waals surface area contributed by atoms with Gasteiger partial charge >= 0.3 is 12.1 Å². The van der Waals surface area contributed by atoms with Gasteiger partial charge in [0.1, 0.15) is 0 Å². The zero-order chi connectivity index (χ0) is 22.6. The number of ether oxygens (including phenoxy) is 1. The molecule has 1 fully saturated rings. The van der Waals surface area contributed by atoms with Crippen molar-refractivity contribution in [3.05, 3.63) is 70.1 Å². The zero-order valence-corrected chi connectivity index (χ0v) is 18.1.